The molecule has 102 valence electrons. The number of carbonyl (C=O) groups excluding carboxylic acids is 1. The van der Waals surface area contributed by atoms with Gasteiger partial charge in [-0.3, -0.25) is 4.79 Å². The summed E-state index contributed by atoms with van der Waals surface area (Å²) in [6, 6.07) is -0.182. The topological polar surface area (TPSA) is 78.8 Å². The second-order valence-corrected chi connectivity index (χ2v) is 5.07. The number of rotatable bonds is 9. The zero-order valence-corrected chi connectivity index (χ0v) is 11.5. The summed E-state index contributed by atoms with van der Waals surface area (Å²) >= 11 is 1.42. The molecular weight excluding hydrogens is 242 g/mol. The SMILES string of the molecule is CCOC(=O)C(CSCC(O)CO)NC(C)C. The van der Waals surface area contributed by atoms with Crippen LogP contribution < -0.4 is 5.32 Å². The van der Waals surface area contributed by atoms with Crippen LogP contribution >= 0.6 is 11.8 Å². The minimum atomic E-state index is -0.734. The second kappa shape index (κ2) is 9.70. The lowest BCUT2D eigenvalue weighted by molar-refractivity contribution is -0.145. The van der Waals surface area contributed by atoms with Crippen molar-refractivity contribution in [1.29, 1.82) is 0 Å². The third-order valence-corrected chi connectivity index (χ3v) is 3.10. The number of thioether (sulfide) groups is 1. The molecule has 0 aromatic carbocycles. The molecule has 0 bridgehead atoms. The molecule has 0 rings (SSSR count). The van der Waals surface area contributed by atoms with Gasteiger partial charge in [0.25, 0.3) is 0 Å². The van der Waals surface area contributed by atoms with E-state index in [9.17, 15) is 9.90 Å². The van der Waals surface area contributed by atoms with Crippen molar-refractivity contribution in [3.05, 3.63) is 0 Å². The highest BCUT2D eigenvalue weighted by Crippen LogP contribution is 2.07. The molecule has 0 amide bonds. The number of nitrogens with one attached hydrogen (secondary N) is 1. The van der Waals surface area contributed by atoms with Gasteiger partial charge in [-0.25, -0.2) is 0 Å². The van der Waals surface area contributed by atoms with Crippen molar-refractivity contribution in [2.45, 2.75) is 39.0 Å². The molecule has 0 aliphatic carbocycles. The fourth-order valence-electron chi connectivity index (χ4n) is 1.20. The number of esters is 1. The Hall–Kier alpha value is -0.300. The molecule has 0 aromatic heterocycles. The van der Waals surface area contributed by atoms with Crippen LogP contribution in [-0.4, -0.2) is 59.1 Å². The molecule has 0 aliphatic heterocycles. The Bertz CT molecular complexity index is 214. The van der Waals surface area contributed by atoms with Crippen LogP contribution in [0.2, 0.25) is 0 Å². The van der Waals surface area contributed by atoms with E-state index in [-0.39, 0.29) is 24.7 Å². The zero-order chi connectivity index (χ0) is 13.3. The zero-order valence-electron chi connectivity index (χ0n) is 10.7. The lowest BCUT2D eigenvalue weighted by Crippen LogP contribution is -2.44. The predicted molar refractivity (Wildman–Crippen MR) is 69.1 cm³/mol. The van der Waals surface area contributed by atoms with E-state index in [0.717, 1.165) is 0 Å². The molecule has 0 saturated heterocycles. The second-order valence-electron chi connectivity index (χ2n) is 4.00. The fraction of sp³-hybridized carbons (Fsp3) is 0.909. The Labute approximate surface area is 107 Å². The minimum Gasteiger partial charge on any atom is -0.465 e. The van der Waals surface area contributed by atoms with Gasteiger partial charge < -0.3 is 20.3 Å². The highest BCUT2D eigenvalue weighted by molar-refractivity contribution is 7.99. The highest BCUT2D eigenvalue weighted by atomic mass is 32.2. The molecule has 5 nitrogen and oxygen atoms in total. The van der Waals surface area contributed by atoms with Gasteiger partial charge in [-0.1, -0.05) is 13.8 Å². The molecule has 2 atom stereocenters. The van der Waals surface area contributed by atoms with Gasteiger partial charge in [-0.2, -0.15) is 11.8 Å². The summed E-state index contributed by atoms with van der Waals surface area (Å²) in [4.78, 5) is 11.6. The van der Waals surface area contributed by atoms with Crippen LogP contribution in [0.15, 0.2) is 0 Å². The van der Waals surface area contributed by atoms with Crippen LogP contribution in [0.1, 0.15) is 20.8 Å². The van der Waals surface area contributed by atoms with E-state index < -0.39 is 6.10 Å². The van der Waals surface area contributed by atoms with Gasteiger partial charge >= 0.3 is 5.97 Å². The summed E-state index contributed by atoms with van der Waals surface area (Å²) in [5, 5.41) is 21.0. The Kier molecular flexibility index (Phi) is 9.53. The maximum atomic E-state index is 11.6. The van der Waals surface area contributed by atoms with Crippen LogP contribution in [0.25, 0.3) is 0 Å². The van der Waals surface area contributed by atoms with Gasteiger partial charge in [0.1, 0.15) is 6.04 Å². The standard InChI is InChI=1S/C11H23NO4S/c1-4-16-11(15)10(12-8(2)3)7-17-6-9(14)5-13/h8-10,12-14H,4-7H2,1-3H3. The molecule has 0 spiro atoms. The van der Waals surface area contributed by atoms with E-state index in [0.29, 0.717) is 18.1 Å². The summed E-state index contributed by atoms with van der Waals surface area (Å²) in [6.45, 7) is 5.79. The molecule has 0 heterocycles. The summed E-state index contributed by atoms with van der Waals surface area (Å²) < 4.78 is 4.96. The van der Waals surface area contributed by atoms with Crippen LogP contribution in [0.3, 0.4) is 0 Å². The largest absolute Gasteiger partial charge is 0.465 e. The summed E-state index contributed by atoms with van der Waals surface area (Å²) in [7, 11) is 0. The van der Waals surface area contributed by atoms with Crippen molar-refractivity contribution in [3.63, 3.8) is 0 Å². The number of hydrogen-bond donors (Lipinski definition) is 3. The van der Waals surface area contributed by atoms with Gasteiger partial charge in [0.2, 0.25) is 0 Å². The summed E-state index contributed by atoms with van der Waals surface area (Å²) in [5.74, 6) is 0.660. The summed E-state index contributed by atoms with van der Waals surface area (Å²) in [6.07, 6.45) is -0.734. The fourth-order valence-corrected chi connectivity index (χ4v) is 2.19. The molecule has 3 N–H and O–H groups in total. The Morgan fingerprint density at radius 1 is 1.41 bits per heavy atom. The normalized spacial score (nSPS) is 14.7. The predicted octanol–water partition coefficient (Wildman–Crippen LogP) is 0.00250. The van der Waals surface area contributed by atoms with Gasteiger partial charge in [-0.05, 0) is 6.92 Å². The molecule has 2 unspecified atom stereocenters. The first-order valence-electron chi connectivity index (χ1n) is 5.80. The molecule has 0 radical (unpaired) electrons. The van der Waals surface area contributed by atoms with Crippen molar-refractivity contribution in [2.24, 2.45) is 0 Å². The van der Waals surface area contributed by atoms with Gasteiger partial charge in [0.15, 0.2) is 0 Å². The number of ether oxygens (including phenoxy) is 1. The first-order valence-corrected chi connectivity index (χ1v) is 6.96. The minimum absolute atomic E-state index is 0.188. The average molecular weight is 265 g/mol. The van der Waals surface area contributed by atoms with E-state index in [1.165, 1.54) is 11.8 Å². The first kappa shape index (κ1) is 16.7. The van der Waals surface area contributed by atoms with Gasteiger partial charge in [0, 0.05) is 17.5 Å². The van der Waals surface area contributed by atoms with Gasteiger partial charge in [0.05, 0.1) is 19.3 Å². The van der Waals surface area contributed by atoms with Crippen molar-refractivity contribution in [2.75, 3.05) is 24.7 Å². The van der Waals surface area contributed by atoms with E-state index in [4.69, 9.17) is 9.84 Å². The van der Waals surface area contributed by atoms with Crippen LogP contribution in [0, 0.1) is 0 Å². The monoisotopic (exact) mass is 265 g/mol. The third-order valence-electron chi connectivity index (χ3n) is 1.91. The number of aliphatic hydroxyl groups excluding tert-OH is 2. The molecular formula is C11H23NO4S. The molecule has 0 saturated carbocycles. The Balaban J connectivity index is 4.05. The van der Waals surface area contributed by atoms with Crippen LogP contribution in [0.4, 0.5) is 0 Å². The first-order chi connectivity index (χ1) is 8.01. The highest BCUT2D eigenvalue weighted by Gasteiger charge is 2.20. The third kappa shape index (κ3) is 8.43. The average Bonchev–Trinajstić information content (AvgIpc) is 2.27. The lowest BCUT2D eigenvalue weighted by Gasteiger charge is -2.19. The molecule has 0 aromatic rings. The number of carbonyl (C=O) groups is 1. The lowest BCUT2D eigenvalue weighted by atomic mass is 10.3. The Morgan fingerprint density at radius 3 is 2.53 bits per heavy atom. The van der Waals surface area contributed by atoms with E-state index in [1.807, 2.05) is 13.8 Å². The molecule has 0 aliphatic rings. The molecule has 0 fully saturated rings. The van der Waals surface area contributed by atoms with E-state index in [1.54, 1.807) is 6.92 Å². The number of hydrogen-bond acceptors (Lipinski definition) is 6. The van der Waals surface area contributed by atoms with Crippen molar-refractivity contribution in [3.8, 4) is 0 Å². The maximum Gasteiger partial charge on any atom is 0.323 e. The number of aliphatic hydroxyl groups is 2. The molecule has 6 heteroatoms. The summed E-state index contributed by atoms with van der Waals surface area (Å²) in [5.41, 5.74) is 0. The van der Waals surface area contributed by atoms with E-state index >= 15 is 0 Å². The van der Waals surface area contributed by atoms with Crippen molar-refractivity contribution < 1.29 is 19.7 Å². The van der Waals surface area contributed by atoms with E-state index in [2.05, 4.69) is 5.32 Å². The van der Waals surface area contributed by atoms with Crippen LogP contribution in [0.5, 0.6) is 0 Å². The van der Waals surface area contributed by atoms with Gasteiger partial charge in [-0.15, -0.1) is 0 Å². The maximum absolute atomic E-state index is 11.6. The van der Waals surface area contributed by atoms with Crippen LogP contribution in [-0.2, 0) is 9.53 Å². The van der Waals surface area contributed by atoms with Crippen molar-refractivity contribution >= 4 is 17.7 Å². The molecule has 17 heavy (non-hydrogen) atoms. The van der Waals surface area contributed by atoms with Crippen molar-refractivity contribution in [1.82, 2.24) is 5.32 Å². The Morgan fingerprint density at radius 2 is 2.06 bits per heavy atom. The smallest absolute Gasteiger partial charge is 0.323 e. The quantitative estimate of drug-likeness (QED) is 0.509.